The molecule has 0 spiro atoms. The summed E-state index contributed by atoms with van der Waals surface area (Å²) in [6.07, 6.45) is 0.605. The summed E-state index contributed by atoms with van der Waals surface area (Å²) < 4.78 is 4.21. The van der Waals surface area contributed by atoms with Crippen LogP contribution in [-0.4, -0.2) is 22.2 Å². The average molecular weight is 184 g/mol. The smallest absolute Gasteiger partial charge is 0.339 e. The van der Waals surface area contributed by atoms with Crippen LogP contribution in [-0.2, 0) is 0 Å². The first-order chi connectivity index (χ1) is 6.02. The van der Waals surface area contributed by atoms with E-state index in [1.807, 2.05) is 0 Å². The van der Waals surface area contributed by atoms with E-state index in [0.29, 0.717) is 12.3 Å². The summed E-state index contributed by atoms with van der Waals surface area (Å²) in [5.74, 6) is -2.94. The number of hydrogen-bond donors (Lipinski definition) is 2. The summed E-state index contributed by atoms with van der Waals surface area (Å²) in [5, 5.41) is 17.0. The third kappa shape index (κ3) is 1.73. The van der Waals surface area contributed by atoms with E-state index in [2.05, 4.69) is 4.42 Å². The van der Waals surface area contributed by atoms with Crippen molar-refractivity contribution in [3.05, 3.63) is 33.9 Å². The molecule has 1 aromatic rings. The lowest BCUT2D eigenvalue weighted by Crippen LogP contribution is -2.12. The molecule has 0 saturated carbocycles. The molecule has 0 atom stereocenters. The molecule has 0 amide bonds. The van der Waals surface area contributed by atoms with Crippen LogP contribution >= 0.6 is 0 Å². The molecule has 1 heterocycles. The Balaban J connectivity index is 3.44. The van der Waals surface area contributed by atoms with Crippen LogP contribution in [0.4, 0.5) is 0 Å². The highest BCUT2D eigenvalue weighted by molar-refractivity contribution is 6.01. The second kappa shape index (κ2) is 3.10. The minimum atomic E-state index is -1.48. The zero-order valence-electron chi connectivity index (χ0n) is 6.18. The van der Waals surface area contributed by atoms with E-state index < -0.39 is 28.7 Å². The third-order valence-electron chi connectivity index (χ3n) is 1.31. The summed E-state index contributed by atoms with van der Waals surface area (Å²) in [5.41, 5.74) is -2.03. The van der Waals surface area contributed by atoms with Gasteiger partial charge in [-0.15, -0.1) is 0 Å². The van der Waals surface area contributed by atoms with Crippen LogP contribution < -0.4 is 5.63 Å². The van der Waals surface area contributed by atoms with Crippen molar-refractivity contribution < 1.29 is 24.2 Å². The zero-order valence-corrected chi connectivity index (χ0v) is 6.18. The molecule has 1 rings (SSSR count). The fourth-order valence-corrected chi connectivity index (χ4v) is 0.753. The molecule has 1 aromatic heterocycles. The maximum atomic E-state index is 10.5. The van der Waals surface area contributed by atoms with E-state index in [4.69, 9.17) is 10.2 Å². The highest BCUT2D eigenvalue weighted by atomic mass is 16.4. The van der Waals surface area contributed by atoms with Crippen molar-refractivity contribution in [2.75, 3.05) is 0 Å². The molecule has 0 saturated heterocycles. The van der Waals surface area contributed by atoms with Crippen LogP contribution in [0.25, 0.3) is 0 Å². The molecule has 0 radical (unpaired) electrons. The molecule has 6 nitrogen and oxygen atoms in total. The van der Waals surface area contributed by atoms with E-state index in [1.165, 1.54) is 0 Å². The zero-order chi connectivity index (χ0) is 10.0. The van der Waals surface area contributed by atoms with Gasteiger partial charge in [0.25, 0.3) is 0 Å². The maximum Gasteiger partial charge on any atom is 0.339 e. The number of carboxylic acids is 2. The molecule has 0 aliphatic carbocycles. The van der Waals surface area contributed by atoms with Gasteiger partial charge < -0.3 is 14.6 Å². The van der Waals surface area contributed by atoms with Crippen LogP contribution in [0.2, 0.25) is 0 Å². The summed E-state index contributed by atoms with van der Waals surface area (Å²) in [6.45, 7) is 0. The Bertz CT molecular complexity index is 415. The second-order valence-corrected chi connectivity index (χ2v) is 2.14. The molecule has 0 aliphatic rings. The van der Waals surface area contributed by atoms with Crippen LogP contribution in [0, 0.1) is 0 Å². The summed E-state index contributed by atoms with van der Waals surface area (Å²) in [7, 11) is 0. The topological polar surface area (TPSA) is 105 Å². The fourth-order valence-electron chi connectivity index (χ4n) is 0.753. The SMILES string of the molecule is O=C(O)c1coc(=O)cc1C(=O)O. The lowest BCUT2D eigenvalue weighted by Gasteiger charge is -1.97. The number of rotatable bonds is 2. The Morgan fingerprint density at radius 3 is 2.15 bits per heavy atom. The highest BCUT2D eigenvalue weighted by Gasteiger charge is 2.17. The van der Waals surface area contributed by atoms with Crippen molar-refractivity contribution >= 4 is 11.9 Å². The molecule has 2 N–H and O–H groups in total. The van der Waals surface area contributed by atoms with Crippen molar-refractivity contribution in [2.24, 2.45) is 0 Å². The Morgan fingerprint density at radius 1 is 1.15 bits per heavy atom. The van der Waals surface area contributed by atoms with Crippen LogP contribution in [0.15, 0.2) is 21.5 Å². The average Bonchev–Trinajstić information content (AvgIpc) is 2.03. The minimum absolute atomic E-state index is 0.549. The van der Waals surface area contributed by atoms with Crippen molar-refractivity contribution in [3.8, 4) is 0 Å². The Kier molecular flexibility index (Phi) is 2.14. The highest BCUT2D eigenvalue weighted by Crippen LogP contribution is 2.05. The standard InChI is InChI=1S/C7H4O6/c8-5-1-3(6(9)10)4(2-13-5)7(11)12/h1-2H,(H,9,10)(H,11,12). The lowest BCUT2D eigenvalue weighted by atomic mass is 10.1. The van der Waals surface area contributed by atoms with Gasteiger partial charge in [-0.05, 0) is 0 Å². The second-order valence-electron chi connectivity index (χ2n) is 2.14. The normalized spacial score (nSPS) is 9.54. The molecule has 6 heteroatoms. The van der Waals surface area contributed by atoms with E-state index in [1.54, 1.807) is 0 Å². The first-order valence-corrected chi connectivity index (χ1v) is 3.12. The van der Waals surface area contributed by atoms with E-state index in [9.17, 15) is 14.4 Å². The predicted molar refractivity (Wildman–Crippen MR) is 38.9 cm³/mol. The van der Waals surface area contributed by atoms with Gasteiger partial charge in [0.1, 0.15) is 11.8 Å². The van der Waals surface area contributed by atoms with Crippen molar-refractivity contribution in [3.63, 3.8) is 0 Å². The largest absolute Gasteiger partial charge is 0.478 e. The minimum Gasteiger partial charge on any atom is -0.478 e. The van der Waals surface area contributed by atoms with Gasteiger partial charge in [0.2, 0.25) is 0 Å². The number of aromatic carboxylic acids is 2. The molecule has 68 valence electrons. The van der Waals surface area contributed by atoms with Gasteiger partial charge in [-0.3, -0.25) is 0 Å². The molecule has 0 aromatic carbocycles. The first-order valence-electron chi connectivity index (χ1n) is 3.12. The van der Waals surface area contributed by atoms with Crippen LogP contribution in [0.5, 0.6) is 0 Å². The Hall–Kier alpha value is -2.11. The fraction of sp³-hybridized carbons (Fsp3) is 0. The monoisotopic (exact) mass is 184 g/mol. The molecular weight excluding hydrogens is 180 g/mol. The van der Waals surface area contributed by atoms with E-state index in [0.717, 1.165) is 0 Å². The number of hydrogen-bond acceptors (Lipinski definition) is 4. The van der Waals surface area contributed by atoms with E-state index >= 15 is 0 Å². The van der Waals surface area contributed by atoms with Gasteiger partial charge in [0, 0.05) is 6.07 Å². The Labute approximate surface area is 71.0 Å². The maximum absolute atomic E-state index is 10.5. The van der Waals surface area contributed by atoms with Gasteiger partial charge >= 0.3 is 17.6 Å². The molecule has 0 bridgehead atoms. The van der Waals surface area contributed by atoms with Gasteiger partial charge in [0.05, 0.1) is 5.56 Å². The molecule has 13 heavy (non-hydrogen) atoms. The van der Waals surface area contributed by atoms with Crippen molar-refractivity contribution in [1.82, 2.24) is 0 Å². The number of carboxylic acid groups (broad SMARTS) is 2. The van der Waals surface area contributed by atoms with Crippen molar-refractivity contribution in [2.45, 2.75) is 0 Å². The number of carbonyl (C=O) groups is 2. The summed E-state index contributed by atoms with van der Waals surface area (Å²) in [6, 6.07) is 0.617. The van der Waals surface area contributed by atoms with Gasteiger partial charge in [-0.2, -0.15) is 0 Å². The third-order valence-corrected chi connectivity index (χ3v) is 1.31. The molecular formula is C7H4O6. The first kappa shape index (κ1) is 8.98. The summed E-state index contributed by atoms with van der Waals surface area (Å²) in [4.78, 5) is 31.4. The molecule has 0 unspecified atom stereocenters. The van der Waals surface area contributed by atoms with Gasteiger partial charge in [-0.1, -0.05) is 0 Å². The molecule has 0 fully saturated rings. The summed E-state index contributed by atoms with van der Waals surface area (Å²) >= 11 is 0. The van der Waals surface area contributed by atoms with E-state index in [-0.39, 0.29) is 0 Å². The van der Waals surface area contributed by atoms with Gasteiger partial charge in [0.15, 0.2) is 0 Å². The van der Waals surface area contributed by atoms with Gasteiger partial charge in [-0.25, -0.2) is 14.4 Å². The van der Waals surface area contributed by atoms with Crippen LogP contribution in [0.1, 0.15) is 20.7 Å². The quantitative estimate of drug-likeness (QED) is 0.672. The Morgan fingerprint density at radius 2 is 1.69 bits per heavy atom. The van der Waals surface area contributed by atoms with Crippen molar-refractivity contribution in [1.29, 1.82) is 0 Å². The predicted octanol–water partition coefficient (Wildman–Crippen LogP) is 0.0362. The lowest BCUT2D eigenvalue weighted by molar-refractivity contribution is 0.0647. The molecule has 0 aliphatic heterocycles. The van der Waals surface area contributed by atoms with Crippen LogP contribution in [0.3, 0.4) is 0 Å².